The minimum atomic E-state index is -1.25. The van der Waals surface area contributed by atoms with Crippen molar-refractivity contribution in [3.8, 4) is 0 Å². The Balaban J connectivity index is 1.94. The van der Waals surface area contributed by atoms with E-state index in [0.717, 1.165) is 29.0 Å². The van der Waals surface area contributed by atoms with Gasteiger partial charge in [-0.2, -0.15) is 5.10 Å². The normalized spacial score (nSPS) is 25.7. The van der Waals surface area contributed by atoms with Crippen molar-refractivity contribution in [2.75, 3.05) is 11.9 Å². The molecule has 6 nitrogen and oxygen atoms in total. The van der Waals surface area contributed by atoms with Crippen LogP contribution >= 0.6 is 0 Å². The van der Waals surface area contributed by atoms with E-state index in [9.17, 15) is 4.39 Å². The fraction of sp³-hybridized carbons (Fsp3) is 0.643. The molecule has 2 atom stereocenters. The van der Waals surface area contributed by atoms with Crippen molar-refractivity contribution < 1.29 is 4.39 Å². The van der Waals surface area contributed by atoms with Crippen LogP contribution < -0.4 is 11.1 Å². The number of aromatic nitrogens is 4. The quantitative estimate of drug-likeness (QED) is 0.898. The molecule has 0 amide bonds. The Morgan fingerprint density at radius 2 is 2.19 bits per heavy atom. The van der Waals surface area contributed by atoms with Crippen LogP contribution in [0.15, 0.2) is 0 Å². The second-order valence-corrected chi connectivity index (χ2v) is 5.96. The van der Waals surface area contributed by atoms with Crippen molar-refractivity contribution in [3.63, 3.8) is 0 Å². The van der Waals surface area contributed by atoms with Gasteiger partial charge in [-0.3, -0.25) is 4.68 Å². The molecule has 3 N–H and O–H groups in total. The molecular formula is C14H21FN6. The lowest BCUT2D eigenvalue weighted by Crippen LogP contribution is -2.31. The second-order valence-electron chi connectivity index (χ2n) is 5.96. The summed E-state index contributed by atoms with van der Waals surface area (Å²) in [7, 11) is 1.87. The van der Waals surface area contributed by atoms with E-state index < -0.39 is 5.67 Å². The van der Waals surface area contributed by atoms with E-state index in [1.54, 1.807) is 4.68 Å². The molecule has 3 rings (SSSR count). The summed E-state index contributed by atoms with van der Waals surface area (Å²) in [5.41, 5.74) is 6.85. The second kappa shape index (κ2) is 4.91. The third-order valence-electron chi connectivity index (χ3n) is 4.22. The van der Waals surface area contributed by atoms with Crippen LogP contribution in [0.5, 0.6) is 0 Å². The third-order valence-corrected chi connectivity index (χ3v) is 4.22. The summed E-state index contributed by atoms with van der Waals surface area (Å²) in [5, 5.41) is 7.75. The maximum absolute atomic E-state index is 14.3. The highest BCUT2D eigenvalue weighted by molar-refractivity contribution is 5.87. The highest BCUT2D eigenvalue weighted by Crippen LogP contribution is 2.35. The first-order chi connectivity index (χ1) is 9.92. The van der Waals surface area contributed by atoms with E-state index >= 15 is 0 Å². The van der Waals surface area contributed by atoms with Crippen LogP contribution in [0.2, 0.25) is 0 Å². The first kappa shape index (κ1) is 14.2. The number of aryl methyl sites for hydroxylation is 3. The average Bonchev–Trinajstić information content (AvgIpc) is 2.92. The minimum absolute atomic E-state index is 0.0475. The van der Waals surface area contributed by atoms with Gasteiger partial charge in [-0.15, -0.1) is 0 Å². The molecule has 1 aliphatic rings. The van der Waals surface area contributed by atoms with Gasteiger partial charge < -0.3 is 11.1 Å². The number of nitrogens with two attached hydrogens (primary N) is 1. The van der Waals surface area contributed by atoms with E-state index in [0.29, 0.717) is 18.7 Å². The van der Waals surface area contributed by atoms with Gasteiger partial charge in [0.1, 0.15) is 22.5 Å². The lowest BCUT2D eigenvalue weighted by molar-refractivity contribution is 0.182. The molecule has 2 aromatic rings. The van der Waals surface area contributed by atoms with E-state index in [1.165, 1.54) is 0 Å². The van der Waals surface area contributed by atoms with Gasteiger partial charge in [0, 0.05) is 26.1 Å². The topological polar surface area (TPSA) is 81.7 Å². The molecule has 1 saturated carbocycles. The van der Waals surface area contributed by atoms with Crippen molar-refractivity contribution in [1.29, 1.82) is 0 Å². The van der Waals surface area contributed by atoms with Crippen molar-refractivity contribution >= 4 is 16.9 Å². The number of nitrogens with zero attached hydrogens (tertiary/aromatic N) is 4. The lowest BCUT2D eigenvalue weighted by atomic mass is 10.1. The lowest BCUT2D eigenvalue weighted by Gasteiger charge is -2.18. The van der Waals surface area contributed by atoms with Gasteiger partial charge in [0.25, 0.3) is 0 Å². The first-order valence-electron chi connectivity index (χ1n) is 7.25. The van der Waals surface area contributed by atoms with Crippen LogP contribution in [0, 0.1) is 13.8 Å². The molecule has 0 aromatic carbocycles. The predicted molar refractivity (Wildman–Crippen MR) is 79.9 cm³/mol. The van der Waals surface area contributed by atoms with Crippen LogP contribution in [-0.4, -0.2) is 38.0 Å². The van der Waals surface area contributed by atoms with Crippen molar-refractivity contribution in [3.05, 3.63) is 11.5 Å². The molecule has 2 aromatic heterocycles. The van der Waals surface area contributed by atoms with Crippen LogP contribution in [-0.2, 0) is 7.05 Å². The Hall–Kier alpha value is -1.76. The average molecular weight is 292 g/mol. The van der Waals surface area contributed by atoms with Gasteiger partial charge in [-0.25, -0.2) is 14.4 Å². The standard InChI is InChI=1S/C14H21FN6/c1-8-11-12(21(3)20-8)13(18-9(2)17-11)19-10-4-5-14(15,6-10)7-16/h10H,4-7,16H2,1-3H3,(H,17,18,19)/t10-,14-/m1/s1. The van der Waals surface area contributed by atoms with Gasteiger partial charge in [0.2, 0.25) is 0 Å². The van der Waals surface area contributed by atoms with Gasteiger partial charge in [0.05, 0.1) is 5.69 Å². The van der Waals surface area contributed by atoms with Crippen LogP contribution in [0.4, 0.5) is 10.2 Å². The molecule has 1 aliphatic carbocycles. The number of halogens is 1. The van der Waals surface area contributed by atoms with E-state index in [-0.39, 0.29) is 12.6 Å². The molecule has 7 heteroatoms. The smallest absolute Gasteiger partial charge is 0.156 e. The highest BCUT2D eigenvalue weighted by Gasteiger charge is 2.38. The summed E-state index contributed by atoms with van der Waals surface area (Å²) in [6, 6.07) is 0.0475. The van der Waals surface area contributed by atoms with Gasteiger partial charge in [0.15, 0.2) is 5.82 Å². The van der Waals surface area contributed by atoms with E-state index in [1.807, 2.05) is 20.9 Å². The van der Waals surface area contributed by atoms with E-state index in [4.69, 9.17) is 5.73 Å². The van der Waals surface area contributed by atoms with E-state index in [2.05, 4.69) is 20.4 Å². The summed E-state index contributed by atoms with van der Waals surface area (Å²) >= 11 is 0. The number of nitrogens with one attached hydrogen (secondary N) is 1. The highest BCUT2D eigenvalue weighted by atomic mass is 19.1. The fourth-order valence-electron chi connectivity index (χ4n) is 3.13. The molecule has 2 heterocycles. The minimum Gasteiger partial charge on any atom is -0.365 e. The maximum atomic E-state index is 14.3. The fourth-order valence-corrected chi connectivity index (χ4v) is 3.13. The number of fused-ring (bicyclic) bond motifs is 1. The Kier molecular flexibility index (Phi) is 3.32. The number of alkyl halides is 1. The van der Waals surface area contributed by atoms with Crippen molar-refractivity contribution in [2.45, 2.75) is 44.8 Å². The number of anilines is 1. The van der Waals surface area contributed by atoms with Crippen LogP contribution in [0.1, 0.15) is 30.8 Å². The van der Waals surface area contributed by atoms with Gasteiger partial charge >= 0.3 is 0 Å². The maximum Gasteiger partial charge on any atom is 0.156 e. The third kappa shape index (κ3) is 2.46. The zero-order chi connectivity index (χ0) is 15.2. The van der Waals surface area contributed by atoms with Gasteiger partial charge in [-0.1, -0.05) is 0 Å². The van der Waals surface area contributed by atoms with Gasteiger partial charge in [-0.05, 0) is 26.7 Å². The molecule has 1 fully saturated rings. The van der Waals surface area contributed by atoms with Crippen molar-refractivity contribution in [2.24, 2.45) is 12.8 Å². The Morgan fingerprint density at radius 3 is 2.86 bits per heavy atom. The summed E-state index contributed by atoms with van der Waals surface area (Å²) < 4.78 is 16.0. The molecular weight excluding hydrogens is 271 g/mol. The molecule has 0 unspecified atom stereocenters. The van der Waals surface area contributed by atoms with Crippen LogP contribution in [0.25, 0.3) is 11.0 Å². The summed E-state index contributed by atoms with van der Waals surface area (Å²) in [6.45, 7) is 3.86. The molecule has 0 bridgehead atoms. The largest absolute Gasteiger partial charge is 0.365 e. The SMILES string of the molecule is Cc1nc(N[C@@H]2CC[C@](F)(CN)C2)c2c(n1)c(C)nn2C. The molecule has 0 radical (unpaired) electrons. The summed E-state index contributed by atoms with van der Waals surface area (Å²) in [6.07, 6.45) is 1.68. The molecule has 0 saturated heterocycles. The zero-order valence-electron chi connectivity index (χ0n) is 12.6. The predicted octanol–water partition coefficient (Wildman–Crippen LogP) is 1.61. The summed E-state index contributed by atoms with van der Waals surface area (Å²) in [5.74, 6) is 1.41. The molecule has 0 aliphatic heterocycles. The Labute approximate surface area is 122 Å². The Morgan fingerprint density at radius 1 is 1.43 bits per heavy atom. The molecule has 114 valence electrons. The molecule has 21 heavy (non-hydrogen) atoms. The van der Waals surface area contributed by atoms with Crippen LogP contribution in [0.3, 0.4) is 0 Å². The molecule has 0 spiro atoms. The van der Waals surface area contributed by atoms with Crippen molar-refractivity contribution in [1.82, 2.24) is 19.7 Å². The number of hydrogen-bond acceptors (Lipinski definition) is 5. The first-order valence-corrected chi connectivity index (χ1v) is 7.25. The summed E-state index contributed by atoms with van der Waals surface area (Å²) in [4.78, 5) is 8.92. The monoisotopic (exact) mass is 292 g/mol. The Bertz CT molecular complexity index is 682. The number of rotatable bonds is 3. The number of hydrogen-bond donors (Lipinski definition) is 2. The zero-order valence-corrected chi connectivity index (χ0v) is 12.6.